The molecule has 0 saturated carbocycles. The number of rotatable bonds is 8. The van der Waals surface area contributed by atoms with Gasteiger partial charge in [-0.3, -0.25) is 0 Å². The summed E-state index contributed by atoms with van der Waals surface area (Å²) in [5.41, 5.74) is 2.44. The van der Waals surface area contributed by atoms with Gasteiger partial charge in [0, 0.05) is 19.2 Å². The molecule has 128 valence electrons. The van der Waals surface area contributed by atoms with Gasteiger partial charge < -0.3 is 15.4 Å². The van der Waals surface area contributed by atoms with E-state index in [-0.39, 0.29) is 0 Å². The highest BCUT2D eigenvalue weighted by molar-refractivity contribution is 5.46. The number of aromatic nitrogens is 2. The summed E-state index contributed by atoms with van der Waals surface area (Å²) in [5, 5.41) is 6.65. The standard InChI is InChI=1S/C20H22N4O/c1-25-18-9-5-8-16(12-18)10-11-21-19-13-20(24-15-23-19)22-14-17-6-3-2-4-7-17/h2-9,12-13,15H,10-11,14H2,1H3,(H2,21,22,23,24). The van der Waals surface area contributed by atoms with Crippen molar-refractivity contribution in [3.63, 3.8) is 0 Å². The molecule has 0 spiro atoms. The Morgan fingerprint density at radius 1 is 0.840 bits per heavy atom. The average molecular weight is 334 g/mol. The van der Waals surface area contributed by atoms with Crippen molar-refractivity contribution in [2.45, 2.75) is 13.0 Å². The second-order valence-electron chi connectivity index (χ2n) is 5.66. The third-order valence-electron chi connectivity index (χ3n) is 3.84. The first-order chi connectivity index (χ1) is 12.3. The smallest absolute Gasteiger partial charge is 0.131 e. The summed E-state index contributed by atoms with van der Waals surface area (Å²) < 4.78 is 5.25. The van der Waals surface area contributed by atoms with Crippen LogP contribution in [-0.4, -0.2) is 23.6 Å². The molecule has 2 N–H and O–H groups in total. The fourth-order valence-corrected chi connectivity index (χ4v) is 2.50. The molecule has 0 saturated heterocycles. The molecular formula is C20H22N4O. The van der Waals surface area contributed by atoms with Gasteiger partial charge in [-0.15, -0.1) is 0 Å². The highest BCUT2D eigenvalue weighted by Gasteiger charge is 2.00. The number of benzene rings is 2. The molecule has 5 nitrogen and oxygen atoms in total. The third kappa shape index (κ3) is 5.21. The van der Waals surface area contributed by atoms with Gasteiger partial charge in [-0.25, -0.2) is 9.97 Å². The van der Waals surface area contributed by atoms with E-state index < -0.39 is 0 Å². The van der Waals surface area contributed by atoms with Gasteiger partial charge in [0.1, 0.15) is 23.7 Å². The van der Waals surface area contributed by atoms with E-state index in [0.29, 0.717) is 0 Å². The van der Waals surface area contributed by atoms with Crippen molar-refractivity contribution in [2.24, 2.45) is 0 Å². The number of hydrogen-bond donors (Lipinski definition) is 2. The second-order valence-corrected chi connectivity index (χ2v) is 5.66. The molecule has 1 heterocycles. The van der Waals surface area contributed by atoms with Crippen molar-refractivity contribution in [1.82, 2.24) is 9.97 Å². The van der Waals surface area contributed by atoms with Crippen molar-refractivity contribution in [1.29, 1.82) is 0 Å². The molecule has 0 unspecified atom stereocenters. The number of ether oxygens (including phenoxy) is 1. The Labute approximate surface area is 148 Å². The van der Waals surface area contributed by atoms with Gasteiger partial charge in [-0.1, -0.05) is 42.5 Å². The van der Waals surface area contributed by atoms with E-state index >= 15 is 0 Å². The van der Waals surface area contributed by atoms with Crippen LogP contribution in [0.4, 0.5) is 11.6 Å². The predicted molar refractivity (Wildman–Crippen MR) is 101 cm³/mol. The first-order valence-electron chi connectivity index (χ1n) is 8.30. The minimum absolute atomic E-state index is 0.737. The van der Waals surface area contributed by atoms with Crippen LogP contribution in [0, 0.1) is 0 Å². The summed E-state index contributed by atoms with van der Waals surface area (Å²) >= 11 is 0. The van der Waals surface area contributed by atoms with Crippen LogP contribution in [-0.2, 0) is 13.0 Å². The minimum atomic E-state index is 0.737. The Hall–Kier alpha value is -3.08. The molecule has 0 bridgehead atoms. The van der Waals surface area contributed by atoms with Crippen LogP contribution in [0.3, 0.4) is 0 Å². The molecule has 3 aromatic rings. The lowest BCUT2D eigenvalue weighted by molar-refractivity contribution is 0.414. The van der Waals surface area contributed by atoms with Crippen LogP contribution >= 0.6 is 0 Å². The molecule has 0 aliphatic carbocycles. The van der Waals surface area contributed by atoms with E-state index in [4.69, 9.17) is 4.74 Å². The van der Waals surface area contributed by atoms with Crippen LogP contribution in [0.25, 0.3) is 0 Å². The van der Waals surface area contributed by atoms with Gasteiger partial charge in [0.2, 0.25) is 0 Å². The Balaban J connectivity index is 1.51. The van der Waals surface area contributed by atoms with E-state index in [2.05, 4.69) is 44.9 Å². The van der Waals surface area contributed by atoms with Gasteiger partial charge in [0.25, 0.3) is 0 Å². The summed E-state index contributed by atoms with van der Waals surface area (Å²) in [6.45, 7) is 1.53. The summed E-state index contributed by atoms with van der Waals surface area (Å²) in [6.07, 6.45) is 2.47. The Bertz CT molecular complexity index is 792. The summed E-state index contributed by atoms with van der Waals surface area (Å²) in [4.78, 5) is 8.54. The van der Waals surface area contributed by atoms with Crippen LogP contribution in [0.5, 0.6) is 5.75 Å². The molecule has 5 heteroatoms. The van der Waals surface area contributed by atoms with Crippen molar-refractivity contribution >= 4 is 11.6 Å². The molecular weight excluding hydrogens is 312 g/mol. The number of hydrogen-bond acceptors (Lipinski definition) is 5. The SMILES string of the molecule is COc1cccc(CCNc2cc(NCc3ccccc3)ncn2)c1. The highest BCUT2D eigenvalue weighted by Crippen LogP contribution is 2.14. The maximum Gasteiger partial charge on any atom is 0.131 e. The van der Waals surface area contributed by atoms with Crippen LogP contribution in [0.15, 0.2) is 67.0 Å². The first-order valence-corrected chi connectivity index (χ1v) is 8.30. The topological polar surface area (TPSA) is 59.1 Å². The van der Waals surface area contributed by atoms with E-state index in [1.165, 1.54) is 11.1 Å². The van der Waals surface area contributed by atoms with Crippen molar-refractivity contribution in [2.75, 3.05) is 24.3 Å². The van der Waals surface area contributed by atoms with Gasteiger partial charge in [-0.05, 0) is 29.7 Å². The lowest BCUT2D eigenvalue weighted by atomic mass is 10.1. The quantitative estimate of drug-likeness (QED) is 0.657. The van der Waals surface area contributed by atoms with Crippen LogP contribution in [0.2, 0.25) is 0 Å². The van der Waals surface area contributed by atoms with Gasteiger partial charge in [0.15, 0.2) is 0 Å². The zero-order chi connectivity index (χ0) is 17.3. The fourth-order valence-electron chi connectivity index (χ4n) is 2.50. The van der Waals surface area contributed by atoms with Crippen LogP contribution in [0.1, 0.15) is 11.1 Å². The number of methoxy groups -OCH3 is 1. The maximum absolute atomic E-state index is 5.25. The molecule has 25 heavy (non-hydrogen) atoms. The van der Waals surface area contributed by atoms with Gasteiger partial charge >= 0.3 is 0 Å². The Morgan fingerprint density at radius 3 is 2.40 bits per heavy atom. The number of nitrogens with zero attached hydrogens (tertiary/aromatic N) is 2. The average Bonchev–Trinajstić information content (AvgIpc) is 2.68. The lowest BCUT2D eigenvalue weighted by Crippen LogP contribution is -2.08. The molecule has 0 aliphatic rings. The largest absolute Gasteiger partial charge is 0.497 e. The molecule has 0 radical (unpaired) electrons. The Morgan fingerprint density at radius 2 is 1.60 bits per heavy atom. The molecule has 3 rings (SSSR count). The number of anilines is 2. The number of nitrogens with one attached hydrogen (secondary N) is 2. The van der Waals surface area contributed by atoms with E-state index in [0.717, 1.165) is 36.9 Å². The van der Waals surface area contributed by atoms with E-state index in [1.54, 1.807) is 13.4 Å². The second kappa shape index (κ2) is 8.68. The predicted octanol–water partition coefficient (Wildman–Crippen LogP) is 3.75. The normalized spacial score (nSPS) is 10.3. The molecule has 1 aromatic heterocycles. The Kier molecular flexibility index (Phi) is 5.82. The zero-order valence-corrected chi connectivity index (χ0v) is 14.3. The van der Waals surface area contributed by atoms with Crippen molar-refractivity contribution in [3.05, 3.63) is 78.1 Å². The highest BCUT2D eigenvalue weighted by atomic mass is 16.5. The van der Waals surface area contributed by atoms with Crippen LogP contribution < -0.4 is 15.4 Å². The summed E-state index contributed by atoms with van der Waals surface area (Å²) in [7, 11) is 1.68. The summed E-state index contributed by atoms with van der Waals surface area (Å²) in [6, 6.07) is 20.3. The lowest BCUT2D eigenvalue weighted by Gasteiger charge is -2.09. The minimum Gasteiger partial charge on any atom is -0.497 e. The maximum atomic E-state index is 5.25. The van der Waals surface area contributed by atoms with E-state index in [1.807, 2.05) is 36.4 Å². The molecule has 0 aliphatic heterocycles. The zero-order valence-electron chi connectivity index (χ0n) is 14.3. The third-order valence-corrected chi connectivity index (χ3v) is 3.84. The molecule has 0 atom stereocenters. The van der Waals surface area contributed by atoms with Crippen molar-refractivity contribution in [3.8, 4) is 5.75 Å². The summed E-state index contributed by atoms with van der Waals surface area (Å²) in [5.74, 6) is 2.50. The first kappa shape index (κ1) is 16.8. The molecule has 0 amide bonds. The fraction of sp³-hybridized carbons (Fsp3) is 0.200. The monoisotopic (exact) mass is 334 g/mol. The van der Waals surface area contributed by atoms with Crippen molar-refractivity contribution < 1.29 is 4.74 Å². The van der Waals surface area contributed by atoms with Gasteiger partial charge in [-0.2, -0.15) is 0 Å². The molecule has 0 fully saturated rings. The van der Waals surface area contributed by atoms with Gasteiger partial charge in [0.05, 0.1) is 7.11 Å². The molecule has 2 aromatic carbocycles. The van der Waals surface area contributed by atoms with E-state index in [9.17, 15) is 0 Å².